The maximum Gasteiger partial charge on any atom is 0.342 e. The number of hydrogen-bond donors (Lipinski definition) is 0. The monoisotopic (exact) mass is 308 g/mol. The Morgan fingerprint density at radius 3 is 2.17 bits per heavy atom. The van der Waals surface area contributed by atoms with E-state index in [2.05, 4.69) is 45.0 Å². The summed E-state index contributed by atoms with van der Waals surface area (Å²) in [6.07, 6.45) is 2.32. The number of allylic oxidation sites excluding steroid dienone is 1. The van der Waals surface area contributed by atoms with Crippen LogP contribution in [-0.4, -0.2) is 5.97 Å². The Morgan fingerprint density at radius 1 is 1.00 bits per heavy atom. The van der Waals surface area contributed by atoms with E-state index in [9.17, 15) is 4.79 Å². The van der Waals surface area contributed by atoms with Crippen LogP contribution in [0.25, 0.3) is 0 Å². The molecule has 23 heavy (non-hydrogen) atoms. The number of benzene rings is 2. The third kappa shape index (κ3) is 5.10. The van der Waals surface area contributed by atoms with Gasteiger partial charge in [-0.15, -0.1) is 0 Å². The fourth-order valence-electron chi connectivity index (χ4n) is 2.28. The number of ether oxygens (including phenoxy) is 1. The second-order valence-corrected chi connectivity index (χ2v) is 6.86. The first kappa shape index (κ1) is 17.0. The van der Waals surface area contributed by atoms with E-state index in [0.29, 0.717) is 5.56 Å². The summed E-state index contributed by atoms with van der Waals surface area (Å²) in [7, 11) is 0. The van der Waals surface area contributed by atoms with Crippen LogP contribution < -0.4 is 0 Å². The van der Waals surface area contributed by atoms with Crippen LogP contribution in [0.4, 0.5) is 0 Å². The summed E-state index contributed by atoms with van der Waals surface area (Å²) in [5, 5.41) is 0. The molecule has 0 heterocycles. The summed E-state index contributed by atoms with van der Waals surface area (Å²) in [6.45, 7) is 8.58. The van der Waals surface area contributed by atoms with E-state index in [1.165, 1.54) is 11.1 Å². The van der Waals surface area contributed by atoms with Crippen LogP contribution in [0.1, 0.15) is 49.2 Å². The van der Waals surface area contributed by atoms with E-state index in [0.717, 1.165) is 12.0 Å². The summed E-state index contributed by atoms with van der Waals surface area (Å²) in [5.74, 6) is -0.326. The van der Waals surface area contributed by atoms with E-state index in [-0.39, 0.29) is 11.4 Å². The van der Waals surface area contributed by atoms with Crippen molar-refractivity contribution in [3.05, 3.63) is 83.1 Å². The predicted octanol–water partition coefficient (Wildman–Crippen LogP) is 5.29. The topological polar surface area (TPSA) is 26.3 Å². The summed E-state index contributed by atoms with van der Waals surface area (Å²) in [4.78, 5) is 11.9. The average molecular weight is 308 g/mol. The first-order chi connectivity index (χ1) is 10.9. The number of carbonyl (C=O) groups excluding carboxylic acids is 1. The quantitative estimate of drug-likeness (QED) is 0.567. The summed E-state index contributed by atoms with van der Waals surface area (Å²) in [5.41, 5.74) is 4.26. The standard InChI is InChI=1S/C21H24O2/c1-16(15-23-20(22)18-8-6-5-7-9-18)14-17-10-12-19(13-11-17)21(2,3)4/h5-13,15H,14H2,1-4H3/b16-15+. The largest absolute Gasteiger partial charge is 0.431 e. The Bertz CT molecular complexity index is 674. The van der Waals surface area contributed by atoms with Gasteiger partial charge < -0.3 is 4.74 Å². The van der Waals surface area contributed by atoms with Crippen molar-refractivity contribution in [2.24, 2.45) is 0 Å². The Morgan fingerprint density at radius 2 is 1.61 bits per heavy atom. The Hall–Kier alpha value is -2.35. The highest BCUT2D eigenvalue weighted by Gasteiger charge is 2.12. The summed E-state index contributed by atoms with van der Waals surface area (Å²) < 4.78 is 5.24. The van der Waals surface area contributed by atoms with Crippen molar-refractivity contribution in [3.63, 3.8) is 0 Å². The molecule has 0 saturated carbocycles. The van der Waals surface area contributed by atoms with E-state index < -0.39 is 0 Å². The van der Waals surface area contributed by atoms with E-state index in [1.54, 1.807) is 18.4 Å². The molecule has 2 aromatic carbocycles. The summed E-state index contributed by atoms with van der Waals surface area (Å²) in [6, 6.07) is 17.6. The van der Waals surface area contributed by atoms with Gasteiger partial charge in [0, 0.05) is 0 Å². The van der Waals surface area contributed by atoms with Crippen molar-refractivity contribution in [2.75, 3.05) is 0 Å². The zero-order valence-electron chi connectivity index (χ0n) is 14.3. The van der Waals surface area contributed by atoms with Gasteiger partial charge in [-0.05, 0) is 47.6 Å². The van der Waals surface area contributed by atoms with Gasteiger partial charge in [-0.25, -0.2) is 4.79 Å². The maximum absolute atomic E-state index is 11.9. The van der Waals surface area contributed by atoms with Gasteiger partial charge in [0.15, 0.2) is 0 Å². The molecule has 2 aromatic rings. The zero-order chi connectivity index (χ0) is 16.9. The number of hydrogen-bond acceptors (Lipinski definition) is 2. The number of rotatable bonds is 4. The predicted molar refractivity (Wildman–Crippen MR) is 94.5 cm³/mol. The van der Waals surface area contributed by atoms with Crippen LogP contribution >= 0.6 is 0 Å². The normalized spacial score (nSPS) is 12.1. The smallest absolute Gasteiger partial charge is 0.342 e. The van der Waals surface area contributed by atoms with Crippen molar-refractivity contribution in [3.8, 4) is 0 Å². The molecule has 2 heteroatoms. The molecule has 0 saturated heterocycles. The molecule has 0 N–H and O–H groups in total. The van der Waals surface area contributed by atoms with Gasteiger partial charge in [0.2, 0.25) is 0 Å². The minimum Gasteiger partial charge on any atom is -0.431 e. The van der Waals surface area contributed by atoms with Crippen LogP contribution in [0.5, 0.6) is 0 Å². The van der Waals surface area contributed by atoms with Gasteiger partial charge in [0.05, 0.1) is 11.8 Å². The SMILES string of the molecule is C/C(=C\OC(=O)c1ccccc1)Cc1ccc(C(C)(C)C)cc1. The second kappa shape index (κ2) is 7.28. The molecule has 0 aliphatic carbocycles. The molecule has 0 radical (unpaired) electrons. The minimum absolute atomic E-state index is 0.161. The van der Waals surface area contributed by atoms with Crippen molar-refractivity contribution >= 4 is 5.97 Å². The van der Waals surface area contributed by atoms with Crippen molar-refractivity contribution < 1.29 is 9.53 Å². The molecule has 0 unspecified atom stereocenters. The number of carbonyl (C=O) groups is 1. The lowest BCUT2D eigenvalue weighted by Crippen LogP contribution is -2.10. The Kier molecular flexibility index (Phi) is 5.38. The van der Waals surface area contributed by atoms with E-state index in [4.69, 9.17) is 4.74 Å². The molecule has 0 aliphatic heterocycles. The third-order valence-electron chi connectivity index (χ3n) is 3.68. The van der Waals surface area contributed by atoms with Crippen LogP contribution in [-0.2, 0) is 16.6 Å². The lowest BCUT2D eigenvalue weighted by Gasteiger charge is -2.19. The van der Waals surface area contributed by atoms with Gasteiger partial charge in [-0.2, -0.15) is 0 Å². The minimum atomic E-state index is -0.326. The molecule has 0 amide bonds. The molecule has 0 spiro atoms. The van der Waals surface area contributed by atoms with Crippen molar-refractivity contribution in [1.29, 1.82) is 0 Å². The van der Waals surface area contributed by atoms with Crippen LogP contribution in [0.15, 0.2) is 66.4 Å². The maximum atomic E-state index is 11.9. The lowest BCUT2D eigenvalue weighted by atomic mass is 9.86. The Balaban J connectivity index is 1.96. The number of esters is 1. The fourth-order valence-corrected chi connectivity index (χ4v) is 2.28. The molecule has 0 fully saturated rings. The molecular formula is C21H24O2. The third-order valence-corrected chi connectivity index (χ3v) is 3.68. The van der Waals surface area contributed by atoms with E-state index in [1.807, 2.05) is 25.1 Å². The molecular weight excluding hydrogens is 284 g/mol. The molecule has 0 aromatic heterocycles. The summed E-state index contributed by atoms with van der Waals surface area (Å²) >= 11 is 0. The van der Waals surface area contributed by atoms with Crippen LogP contribution in [0.2, 0.25) is 0 Å². The molecule has 2 nitrogen and oxygen atoms in total. The highest BCUT2D eigenvalue weighted by molar-refractivity contribution is 5.89. The van der Waals surface area contributed by atoms with Gasteiger partial charge in [-0.1, -0.05) is 63.2 Å². The van der Waals surface area contributed by atoms with Gasteiger partial charge >= 0.3 is 5.97 Å². The van der Waals surface area contributed by atoms with Crippen molar-refractivity contribution in [1.82, 2.24) is 0 Å². The molecule has 120 valence electrons. The highest BCUT2D eigenvalue weighted by atomic mass is 16.5. The van der Waals surface area contributed by atoms with Crippen molar-refractivity contribution in [2.45, 2.75) is 39.5 Å². The van der Waals surface area contributed by atoms with Crippen LogP contribution in [0.3, 0.4) is 0 Å². The van der Waals surface area contributed by atoms with Gasteiger partial charge in [-0.3, -0.25) is 0 Å². The second-order valence-electron chi connectivity index (χ2n) is 6.86. The molecule has 2 rings (SSSR count). The first-order valence-electron chi connectivity index (χ1n) is 7.87. The van der Waals surface area contributed by atoms with Gasteiger partial charge in [0.1, 0.15) is 0 Å². The molecule has 0 bridgehead atoms. The average Bonchev–Trinajstić information content (AvgIpc) is 2.53. The fraction of sp³-hybridized carbons (Fsp3) is 0.286. The van der Waals surface area contributed by atoms with Crippen LogP contribution in [0, 0.1) is 0 Å². The van der Waals surface area contributed by atoms with E-state index >= 15 is 0 Å². The highest BCUT2D eigenvalue weighted by Crippen LogP contribution is 2.22. The Labute approximate surface area is 138 Å². The zero-order valence-corrected chi connectivity index (χ0v) is 14.3. The first-order valence-corrected chi connectivity index (χ1v) is 7.87. The molecule has 0 atom stereocenters. The lowest BCUT2D eigenvalue weighted by molar-refractivity contribution is 0.0660. The molecule has 0 aliphatic rings. The van der Waals surface area contributed by atoms with Gasteiger partial charge in [0.25, 0.3) is 0 Å².